The van der Waals surface area contributed by atoms with E-state index in [-0.39, 0.29) is 0 Å². The quantitative estimate of drug-likeness (QED) is 0.590. The van der Waals surface area contributed by atoms with Gasteiger partial charge in [-0.05, 0) is 25.4 Å². The van der Waals surface area contributed by atoms with Crippen LogP contribution in [0.2, 0.25) is 25.7 Å². The summed E-state index contributed by atoms with van der Waals surface area (Å²) in [5.74, 6) is 0.400. The van der Waals surface area contributed by atoms with Gasteiger partial charge in [0.2, 0.25) is 0 Å². The van der Waals surface area contributed by atoms with Gasteiger partial charge >= 0.3 is 0 Å². The van der Waals surface area contributed by atoms with E-state index in [1.807, 2.05) is 6.08 Å². The first-order valence-corrected chi connectivity index (χ1v) is 10.8. The van der Waals surface area contributed by atoms with Gasteiger partial charge in [-0.1, -0.05) is 37.9 Å². The number of hydrogen-bond donors (Lipinski definition) is 1. The Morgan fingerprint density at radius 1 is 1.39 bits per heavy atom. The third-order valence-corrected chi connectivity index (χ3v) is 5.05. The molecule has 0 aromatic carbocycles. The van der Waals surface area contributed by atoms with Crippen molar-refractivity contribution in [3.05, 3.63) is 24.8 Å². The van der Waals surface area contributed by atoms with Gasteiger partial charge in [-0.25, -0.2) is 0 Å². The molecule has 2 atom stereocenters. The molecule has 0 amide bonds. The summed E-state index contributed by atoms with van der Waals surface area (Å²) in [7, 11) is -1.00. The van der Waals surface area contributed by atoms with Gasteiger partial charge in [0, 0.05) is 33.2 Å². The molecule has 18 heavy (non-hydrogen) atoms. The number of aliphatic hydroxyl groups excluding tert-OH is 1. The molecule has 1 saturated heterocycles. The van der Waals surface area contributed by atoms with Crippen LogP contribution in [0.3, 0.4) is 0 Å². The molecule has 1 fully saturated rings. The van der Waals surface area contributed by atoms with E-state index in [0.717, 1.165) is 19.5 Å². The lowest BCUT2D eigenvalue weighted by Gasteiger charge is -2.38. The van der Waals surface area contributed by atoms with E-state index in [4.69, 9.17) is 0 Å². The van der Waals surface area contributed by atoms with Crippen molar-refractivity contribution < 1.29 is 5.11 Å². The predicted molar refractivity (Wildman–Crippen MR) is 82.7 cm³/mol. The van der Waals surface area contributed by atoms with Crippen LogP contribution in [0, 0.1) is 5.92 Å². The molecule has 0 aromatic rings. The number of hydrogen-bond acceptors (Lipinski definition) is 2. The topological polar surface area (TPSA) is 23.5 Å². The molecule has 0 saturated carbocycles. The molecule has 0 aliphatic carbocycles. The zero-order valence-corrected chi connectivity index (χ0v) is 13.2. The number of piperidine rings is 1. The lowest BCUT2D eigenvalue weighted by atomic mass is 9.89. The van der Waals surface area contributed by atoms with Gasteiger partial charge in [0.15, 0.2) is 0 Å². The van der Waals surface area contributed by atoms with Gasteiger partial charge in [-0.15, -0.1) is 6.58 Å². The summed E-state index contributed by atoms with van der Waals surface area (Å²) in [4.78, 5) is 2.44. The van der Waals surface area contributed by atoms with Crippen molar-refractivity contribution in [2.75, 3.05) is 19.7 Å². The van der Waals surface area contributed by atoms with Gasteiger partial charge in [-0.2, -0.15) is 0 Å². The Balaban J connectivity index is 2.66. The van der Waals surface area contributed by atoms with Crippen LogP contribution >= 0.6 is 0 Å². The summed E-state index contributed by atoms with van der Waals surface area (Å²) >= 11 is 0. The van der Waals surface area contributed by atoms with Gasteiger partial charge in [0.05, 0.1) is 0 Å². The Labute approximate surface area is 113 Å². The maximum absolute atomic E-state index is 9.53. The van der Waals surface area contributed by atoms with Crippen molar-refractivity contribution in [3.8, 4) is 0 Å². The number of rotatable bonds is 6. The van der Waals surface area contributed by atoms with Crippen molar-refractivity contribution >= 4 is 8.07 Å². The Hall–Kier alpha value is -0.383. The SMILES string of the molecule is C=CCN1CCC[C@@H](CO)[C@@H]1/C=C/C[Si](C)(C)C. The van der Waals surface area contributed by atoms with Crippen LogP contribution in [-0.4, -0.2) is 43.8 Å². The molecule has 1 N–H and O–H groups in total. The first-order valence-electron chi connectivity index (χ1n) is 7.10. The van der Waals surface area contributed by atoms with Crippen LogP contribution in [0.4, 0.5) is 0 Å². The van der Waals surface area contributed by atoms with Gasteiger partial charge in [0.1, 0.15) is 0 Å². The summed E-state index contributed by atoms with van der Waals surface area (Å²) in [6.45, 7) is 13.4. The Bertz CT molecular complexity index is 283. The summed E-state index contributed by atoms with van der Waals surface area (Å²) in [6.07, 6.45) is 8.99. The van der Waals surface area contributed by atoms with E-state index in [9.17, 15) is 5.11 Å². The Morgan fingerprint density at radius 2 is 2.11 bits per heavy atom. The van der Waals surface area contributed by atoms with Crippen LogP contribution in [0.25, 0.3) is 0 Å². The molecule has 0 aromatic heterocycles. The van der Waals surface area contributed by atoms with E-state index < -0.39 is 8.07 Å². The molecule has 0 bridgehead atoms. The highest BCUT2D eigenvalue weighted by Gasteiger charge is 2.28. The van der Waals surface area contributed by atoms with E-state index in [1.54, 1.807) is 0 Å². The smallest absolute Gasteiger partial charge is 0.0480 e. The highest BCUT2D eigenvalue weighted by Crippen LogP contribution is 2.25. The molecule has 1 heterocycles. The highest BCUT2D eigenvalue weighted by atomic mass is 28.3. The zero-order chi connectivity index (χ0) is 13.6. The normalized spacial score (nSPS) is 26.7. The molecule has 0 spiro atoms. The van der Waals surface area contributed by atoms with Crippen LogP contribution in [0.5, 0.6) is 0 Å². The van der Waals surface area contributed by atoms with Crippen molar-refractivity contribution in [2.24, 2.45) is 5.92 Å². The second kappa shape index (κ2) is 7.27. The lowest BCUT2D eigenvalue weighted by molar-refractivity contribution is 0.0899. The zero-order valence-electron chi connectivity index (χ0n) is 12.2. The molecular weight excluding hydrogens is 238 g/mol. The van der Waals surface area contributed by atoms with Crippen LogP contribution in [0.15, 0.2) is 24.8 Å². The number of allylic oxidation sites excluding steroid dienone is 1. The minimum Gasteiger partial charge on any atom is -0.396 e. The van der Waals surface area contributed by atoms with E-state index >= 15 is 0 Å². The van der Waals surface area contributed by atoms with Crippen LogP contribution in [0.1, 0.15) is 12.8 Å². The van der Waals surface area contributed by atoms with Crippen molar-refractivity contribution in [2.45, 2.75) is 44.6 Å². The standard InChI is InChI=1S/C15H29NOSi/c1-5-10-16-11-6-8-14(13-17)15(16)9-7-12-18(2,3)4/h5,7,9,14-15,17H,1,6,8,10-13H2,2-4H3/b9-7+/t14-,15-/m0/s1. The monoisotopic (exact) mass is 267 g/mol. The van der Waals surface area contributed by atoms with Gasteiger partial charge in [-0.3, -0.25) is 4.90 Å². The van der Waals surface area contributed by atoms with Crippen molar-refractivity contribution in [1.29, 1.82) is 0 Å². The second-order valence-corrected chi connectivity index (χ2v) is 12.1. The minimum absolute atomic E-state index is 0.301. The molecule has 1 aliphatic rings. The van der Waals surface area contributed by atoms with Gasteiger partial charge in [0.25, 0.3) is 0 Å². The lowest BCUT2D eigenvalue weighted by Crippen LogP contribution is -2.45. The van der Waals surface area contributed by atoms with E-state index in [2.05, 4.69) is 43.3 Å². The molecule has 1 rings (SSSR count). The summed E-state index contributed by atoms with van der Waals surface area (Å²) in [6, 6.07) is 1.63. The molecule has 104 valence electrons. The fourth-order valence-corrected chi connectivity index (χ4v) is 3.44. The maximum Gasteiger partial charge on any atom is 0.0480 e. The average molecular weight is 267 g/mol. The number of nitrogens with zero attached hydrogens (tertiary/aromatic N) is 1. The van der Waals surface area contributed by atoms with Gasteiger partial charge < -0.3 is 5.11 Å². The Morgan fingerprint density at radius 3 is 2.67 bits per heavy atom. The number of likely N-dealkylation sites (tertiary alicyclic amines) is 1. The largest absolute Gasteiger partial charge is 0.396 e. The van der Waals surface area contributed by atoms with Crippen molar-refractivity contribution in [1.82, 2.24) is 4.90 Å². The average Bonchev–Trinajstić information content (AvgIpc) is 2.29. The third-order valence-electron chi connectivity index (χ3n) is 3.59. The second-order valence-electron chi connectivity index (χ2n) is 6.55. The summed E-state index contributed by atoms with van der Waals surface area (Å²) in [5.41, 5.74) is 0. The fourth-order valence-electron chi connectivity index (χ4n) is 2.59. The molecule has 0 unspecified atom stereocenters. The number of aliphatic hydroxyl groups is 1. The molecule has 2 nitrogen and oxygen atoms in total. The van der Waals surface area contributed by atoms with E-state index in [0.29, 0.717) is 18.6 Å². The summed E-state index contributed by atoms with van der Waals surface area (Å²) < 4.78 is 0. The molecule has 3 heteroatoms. The van der Waals surface area contributed by atoms with Crippen molar-refractivity contribution in [3.63, 3.8) is 0 Å². The first kappa shape index (κ1) is 15.7. The molecule has 0 radical (unpaired) electrons. The highest BCUT2D eigenvalue weighted by molar-refractivity contribution is 6.76. The van der Waals surface area contributed by atoms with Crippen LogP contribution < -0.4 is 0 Å². The third kappa shape index (κ3) is 5.08. The molecular formula is C15H29NOSi. The Kier molecular flexibility index (Phi) is 6.33. The predicted octanol–water partition coefficient (Wildman–Crippen LogP) is 3.14. The fraction of sp³-hybridized carbons (Fsp3) is 0.733. The first-order chi connectivity index (χ1) is 8.48. The van der Waals surface area contributed by atoms with E-state index in [1.165, 1.54) is 12.5 Å². The van der Waals surface area contributed by atoms with Crippen LogP contribution in [-0.2, 0) is 0 Å². The minimum atomic E-state index is -1.00. The summed E-state index contributed by atoms with van der Waals surface area (Å²) in [5, 5.41) is 9.53. The molecule has 1 aliphatic heterocycles. The maximum atomic E-state index is 9.53.